The molecular formula is C25H26N4O5S2. The van der Waals surface area contributed by atoms with Crippen molar-refractivity contribution >= 4 is 38.5 Å². The van der Waals surface area contributed by atoms with Crippen LogP contribution in [0.3, 0.4) is 0 Å². The summed E-state index contributed by atoms with van der Waals surface area (Å²) in [6, 6.07) is 18.9. The Labute approximate surface area is 213 Å². The van der Waals surface area contributed by atoms with Crippen LogP contribution < -0.4 is 4.74 Å². The first-order valence-electron chi connectivity index (χ1n) is 11.3. The number of aromatic nitrogens is 2. The largest absolute Gasteiger partial charge is 0.495 e. The van der Waals surface area contributed by atoms with E-state index in [2.05, 4.69) is 0 Å². The summed E-state index contributed by atoms with van der Waals surface area (Å²) in [5.74, 6) is 1.07. The van der Waals surface area contributed by atoms with Crippen LogP contribution in [0.2, 0.25) is 0 Å². The molecule has 3 aromatic carbocycles. The SMILES string of the molecule is CCN(CC)S(=O)(=O)c1ccc2c(c1)nc(SCc1cccc([N+](=O)[O-])c1)n2-c1ccccc1OC. The van der Waals surface area contributed by atoms with Gasteiger partial charge in [-0.25, -0.2) is 13.4 Å². The van der Waals surface area contributed by atoms with Gasteiger partial charge in [-0.2, -0.15) is 4.31 Å². The third kappa shape index (κ3) is 4.95. The number of sulfonamides is 1. The minimum absolute atomic E-state index is 0.0255. The van der Waals surface area contributed by atoms with Gasteiger partial charge < -0.3 is 4.74 Å². The molecule has 0 N–H and O–H groups in total. The van der Waals surface area contributed by atoms with Crippen molar-refractivity contribution in [3.63, 3.8) is 0 Å². The Morgan fingerprint density at radius 3 is 2.50 bits per heavy atom. The molecule has 0 amide bonds. The molecule has 0 spiro atoms. The minimum Gasteiger partial charge on any atom is -0.495 e. The van der Waals surface area contributed by atoms with E-state index in [1.165, 1.54) is 28.2 Å². The fourth-order valence-corrected chi connectivity index (χ4v) is 6.41. The van der Waals surface area contributed by atoms with Crippen LogP contribution in [-0.2, 0) is 15.8 Å². The zero-order chi connectivity index (χ0) is 25.9. The van der Waals surface area contributed by atoms with Crippen molar-refractivity contribution in [2.75, 3.05) is 20.2 Å². The Balaban J connectivity index is 1.83. The highest BCUT2D eigenvalue weighted by atomic mass is 32.2. The molecule has 1 aromatic heterocycles. The topological polar surface area (TPSA) is 108 Å². The average molecular weight is 527 g/mol. The van der Waals surface area contributed by atoms with Crippen LogP contribution in [-0.4, -0.2) is 47.4 Å². The van der Waals surface area contributed by atoms with Gasteiger partial charge in [-0.1, -0.05) is 49.9 Å². The molecule has 0 atom stereocenters. The summed E-state index contributed by atoms with van der Waals surface area (Å²) in [5.41, 5.74) is 2.80. The smallest absolute Gasteiger partial charge is 0.269 e. The summed E-state index contributed by atoms with van der Waals surface area (Å²) in [6.07, 6.45) is 0. The highest BCUT2D eigenvalue weighted by Gasteiger charge is 2.24. The van der Waals surface area contributed by atoms with Crippen LogP contribution >= 0.6 is 11.8 Å². The molecule has 36 heavy (non-hydrogen) atoms. The minimum atomic E-state index is -3.65. The molecule has 1 heterocycles. The Morgan fingerprint density at radius 2 is 1.81 bits per heavy atom. The van der Waals surface area contributed by atoms with Crippen molar-refractivity contribution in [1.29, 1.82) is 0 Å². The number of thioether (sulfide) groups is 1. The number of fused-ring (bicyclic) bond motifs is 1. The van der Waals surface area contributed by atoms with Gasteiger partial charge in [-0.05, 0) is 35.9 Å². The van der Waals surface area contributed by atoms with E-state index >= 15 is 0 Å². The molecule has 4 aromatic rings. The fraction of sp³-hybridized carbons (Fsp3) is 0.240. The maximum absolute atomic E-state index is 13.1. The number of ether oxygens (including phenoxy) is 1. The van der Waals surface area contributed by atoms with Gasteiger partial charge in [0.25, 0.3) is 5.69 Å². The summed E-state index contributed by atoms with van der Waals surface area (Å²) in [5, 5.41) is 11.8. The quantitative estimate of drug-likeness (QED) is 0.157. The third-order valence-corrected chi connectivity index (χ3v) is 8.81. The number of rotatable bonds is 10. The van der Waals surface area contributed by atoms with Crippen molar-refractivity contribution in [1.82, 2.24) is 13.9 Å². The van der Waals surface area contributed by atoms with Gasteiger partial charge in [0.2, 0.25) is 10.0 Å². The standard InChI is InChI=1S/C25H26N4O5S2/c1-4-27(5-2)36(32,33)20-13-14-22-21(16-20)26-25(28(22)23-11-6-7-12-24(23)34-3)35-17-18-9-8-10-19(15-18)29(30)31/h6-16H,4-5,17H2,1-3H3. The predicted octanol–water partition coefficient (Wildman–Crippen LogP) is 5.27. The van der Waals surface area contributed by atoms with Gasteiger partial charge in [0.1, 0.15) is 5.75 Å². The molecular weight excluding hydrogens is 500 g/mol. The Kier molecular flexibility index (Phi) is 7.62. The van der Waals surface area contributed by atoms with Crippen molar-refractivity contribution in [3.05, 3.63) is 82.4 Å². The van der Waals surface area contributed by atoms with Gasteiger partial charge in [0, 0.05) is 31.0 Å². The number of nitro groups is 1. The summed E-state index contributed by atoms with van der Waals surface area (Å²) < 4.78 is 35.1. The van der Waals surface area contributed by atoms with E-state index in [4.69, 9.17) is 9.72 Å². The Hall–Kier alpha value is -3.41. The number of methoxy groups -OCH3 is 1. The van der Waals surface area contributed by atoms with E-state index < -0.39 is 14.9 Å². The maximum atomic E-state index is 13.1. The van der Waals surface area contributed by atoms with E-state index in [0.717, 1.165) is 16.8 Å². The number of hydrogen-bond donors (Lipinski definition) is 0. The normalized spacial score (nSPS) is 11.8. The van der Waals surface area contributed by atoms with Crippen molar-refractivity contribution in [2.45, 2.75) is 29.7 Å². The number of nitrogens with zero attached hydrogens (tertiary/aromatic N) is 4. The molecule has 0 aliphatic carbocycles. The van der Waals surface area contributed by atoms with E-state index in [-0.39, 0.29) is 10.6 Å². The molecule has 0 bridgehead atoms. The summed E-state index contributed by atoms with van der Waals surface area (Å²) in [6.45, 7) is 4.35. The number of nitro benzene ring substituents is 1. The lowest BCUT2D eigenvalue weighted by Gasteiger charge is -2.18. The van der Waals surface area contributed by atoms with E-state index in [1.54, 1.807) is 45.2 Å². The molecule has 0 saturated carbocycles. The molecule has 0 fully saturated rings. The van der Waals surface area contributed by atoms with Gasteiger partial charge in [0.05, 0.1) is 33.6 Å². The first kappa shape index (κ1) is 25.7. The third-order valence-electron chi connectivity index (χ3n) is 5.75. The number of hydrogen-bond acceptors (Lipinski definition) is 7. The maximum Gasteiger partial charge on any atom is 0.269 e. The fourth-order valence-electron chi connectivity index (χ4n) is 3.96. The molecule has 4 rings (SSSR count). The second-order valence-electron chi connectivity index (χ2n) is 7.86. The number of para-hydroxylation sites is 2. The van der Waals surface area contributed by atoms with Gasteiger partial charge >= 0.3 is 0 Å². The Bertz CT molecular complexity index is 1510. The van der Waals surface area contributed by atoms with Crippen molar-refractivity contribution in [2.24, 2.45) is 0 Å². The number of imidazole rings is 1. The monoisotopic (exact) mass is 526 g/mol. The summed E-state index contributed by atoms with van der Waals surface area (Å²) in [4.78, 5) is 15.7. The summed E-state index contributed by atoms with van der Waals surface area (Å²) >= 11 is 1.40. The molecule has 0 aliphatic heterocycles. The van der Waals surface area contributed by atoms with E-state index in [1.807, 2.05) is 34.9 Å². The highest BCUT2D eigenvalue weighted by molar-refractivity contribution is 7.98. The van der Waals surface area contributed by atoms with Gasteiger partial charge in [-0.3, -0.25) is 14.7 Å². The summed E-state index contributed by atoms with van der Waals surface area (Å²) in [7, 11) is -2.07. The molecule has 0 saturated heterocycles. The number of benzene rings is 3. The van der Waals surface area contributed by atoms with E-state index in [0.29, 0.717) is 35.3 Å². The lowest BCUT2D eigenvalue weighted by molar-refractivity contribution is -0.384. The predicted molar refractivity (Wildman–Crippen MR) is 140 cm³/mol. The van der Waals surface area contributed by atoms with Crippen LogP contribution in [0, 0.1) is 10.1 Å². The lowest BCUT2D eigenvalue weighted by atomic mass is 10.2. The number of non-ortho nitro benzene ring substituents is 1. The van der Waals surface area contributed by atoms with Crippen LogP contribution in [0.15, 0.2) is 76.8 Å². The van der Waals surface area contributed by atoms with Crippen LogP contribution in [0.4, 0.5) is 5.69 Å². The highest BCUT2D eigenvalue weighted by Crippen LogP contribution is 2.35. The zero-order valence-corrected chi connectivity index (χ0v) is 21.8. The second kappa shape index (κ2) is 10.7. The van der Waals surface area contributed by atoms with Crippen LogP contribution in [0.25, 0.3) is 16.7 Å². The Morgan fingerprint density at radius 1 is 1.06 bits per heavy atom. The molecule has 0 aliphatic rings. The first-order chi connectivity index (χ1) is 17.3. The van der Waals surface area contributed by atoms with Crippen LogP contribution in [0.1, 0.15) is 19.4 Å². The molecule has 0 radical (unpaired) electrons. The van der Waals surface area contributed by atoms with Crippen molar-refractivity contribution in [3.8, 4) is 11.4 Å². The van der Waals surface area contributed by atoms with Crippen molar-refractivity contribution < 1.29 is 18.1 Å². The average Bonchev–Trinajstić information content (AvgIpc) is 3.25. The van der Waals surface area contributed by atoms with E-state index in [9.17, 15) is 18.5 Å². The zero-order valence-electron chi connectivity index (χ0n) is 20.1. The lowest BCUT2D eigenvalue weighted by Crippen LogP contribution is -2.30. The molecule has 0 unspecified atom stereocenters. The second-order valence-corrected chi connectivity index (χ2v) is 10.7. The van der Waals surface area contributed by atoms with Gasteiger partial charge in [-0.15, -0.1) is 0 Å². The first-order valence-corrected chi connectivity index (χ1v) is 13.7. The molecule has 9 nitrogen and oxygen atoms in total. The molecule has 11 heteroatoms. The van der Waals surface area contributed by atoms with Crippen LogP contribution in [0.5, 0.6) is 5.75 Å². The molecule has 188 valence electrons. The van der Waals surface area contributed by atoms with Gasteiger partial charge in [0.15, 0.2) is 5.16 Å².